The second-order valence-electron chi connectivity index (χ2n) is 11.5. The molecule has 0 amide bonds. The van der Waals surface area contributed by atoms with Gasteiger partial charge in [0.15, 0.2) is 0 Å². The van der Waals surface area contributed by atoms with Crippen molar-refractivity contribution in [3.63, 3.8) is 0 Å². The Morgan fingerprint density at radius 2 is 1.72 bits per heavy atom. The van der Waals surface area contributed by atoms with Crippen molar-refractivity contribution in [1.29, 1.82) is 0 Å². The van der Waals surface area contributed by atoms with Crippen LogP contribution in [-0.2, 0) is 15.7 Å². The van der Waals surface area contributed by atoms with Crippen molar-refractivity contribution >= 4 is 36.8 Å². The molecular formula is C30H40ClNO3Si-. The topological polar surface area (TPSA) is 40.5 Å². The number of esters is 1. The predicted molar refractivity (Wildman–Crippen MR) is 153 cm³/mol. The van der Waals surface area contributed by atoms with Gasteiger partial charge < -0.3 is 13.7 Å². The molecule has 36 heavy (non-hydrogen) atoms. The molecule has 4 nitrogen and oxygen atoms in total. The number of carbonyl (C=O) groups excluding carboxylic acids is 1. The maximum Gasteiger partial charge on any atom is 0.339 e. The Hall–Kier alpha value is -2.08. The minimum Gasteiger partial charge on any atom is -0.563 e. The van der Waals surface area contributed by atoms with Gasteiger partial charge in [0.05, 0.1) is 28.9 Å². The molecule has 0 bridgehead atoms. The first-order chi connectivity index (χ1) is 17.1. The van der Waals surface area contributed by atoms with E-state index in [4.69, 9.17) is 20.8 Å². The molecule has 6 heteroatoms. The van der Waals surface area contributed by atoms with Crippen molar-refractivity contribution in [3.8, 4) is 11.3 Å². The Morgan fingerprint density at radius 1 is 1.06 bits per heavy atom. The quantitative estimate of drug-likeness (QED) is 0.228. The molecule has 0 radical (unpaired) electrons. The van der Waals surface area contributed by atoms with Crippen LogP contribution in [0.25, 0.3) is 22.2 Å². The minimum atomic E-state index is -1.92. The third kappa shape index (κ3) is 5.16. The van der Waals surface area contributed by atoms with E-state index in [0.29, 0.717) is 29.7 Å². The number of halogens is 1. The number of rotatable bonds is 7. The van der Waals surface area contributed by atoms with E-state index in [1.54, 1.807) is 0 Å². The largest absolute Gasteiger partial charge is 0.563 e. The standard InChI is InChI=1S/C30H40ClNO3Si/c1-30(2,3)36(5,6)35-20-19-32-27(22-15-11-8-12-16-22)25(21-13-9-7-10-14-21)23-17-18-24(29(33)34-4)26(31)28(23)32/h8,11-12,15-18,21H,7,9-10,13-14,19-20H2,1-6H3/q-1. The number of methoxy groups -OCH3 is 1. The Kier molecular flexibility index (Phi) is 8.03. The van der Waals surface area contributed by atoms with Crippen LogP contribution in [0.15, 0.2) is 42.5 Å². The zero-order valence-corrected chi connectivity index (χ0v) is 24.4. The first-order valence-corrected chi connectivity index (χ1v) is 16.5. The van der Waals surface area contributed by atoms with Crippen LogP contribution in [0.5, 0.6) is 0 Å². The monoisotopic (exact) mass is 525 g/mol. The van der Waals surface area contributed by atoms with Gasteiger partial charge in [0, 0.05) is 18.5 Å². The molecule has 0 atom stereocenters. The van der Waals surface area contributed by atoms with E-state index in [0.717, 1.165) is 10.9 Å². The van der Waals surface area contributed by atoms with E-state index in [-0.39, 0.29) is 5.04 Å². The molecule has 0 spiro atoms. The molecular weight excluding hydrogens is 486 g/mol. The summed E-state index contributed by atoms with van der Waals surface area (Å²) in [6, 6.07) is 14.5. The number of hydrogen-bond donors (Lipinski definition) is 0. The molecule has 4 rings (SSSR count). The molecule has 1 aliphatic carbocycles. The van der Waals surface area contributed by atoms with Crippen LogP contribution in [0.1, 0.15) is 74.7 Å². The number of carbonyl (C=O) groups is 1. The van der Waals surface area contributed by atoms with E-state index in [9.17, 15) is 4.79 Å². The van der Waals surface area contributed by atoms with E-state index >= 15 is 0 Å². The lowest BCUT2D eigenvalue weighted by atomic mass is 9.82. The fraction of sp³-hybridized carbons (Fsp3) is 0.500. The maximum atomic E-state index is 12.6. The summed E-state index contributed by atoms with van der Waals surface area (Å²) in [5.74, 6) is 0.0618. The highest BCUT2D eigenvalue weighted by Gasteiger charge is 2.30. The number of fused-ring (bicyclic) bond motifs is 1. The summed E-state index contributed by atoms with van der Waals surface area (Å²) in [5.41, 5.74) is 5.07. The van der Waals surface area contributed by atoms with E-state index < -0.39 is 14.3 Å². The van der Waals surface area contributed by atoms with Crippen molar-refractivity contribution < 1.29 is 14.0 Å². The maximum absolute atomic E-state index is 12.6. The summed E-state index contributed by atoms with van der Waals surface area (Å²) in [4.78, 5) is 12.6. The lowest BCUT2D eigenvalue weighted by Gasteiger charge is -2.48. The SMILES string of the molecule is COC(=O)c1ccc2c(C3CCCCC3)c(-c3ccccc3)n(CCO[Si-](C)(C)C(C)(C)C)c2c1Cl. The second kappa shape index (κ2) is 10.7. The van der Waals surface area contributed by atoms with Gasteiger partial charge in [0.25, 0.3) is 0 Å². The normalized spacial score (nSPS) is 15.4. The summed E-state index contributed by atoms with van der Waals surface area (Å²) < 4.78 is 14.0. The molecule has 1 aliphatic rings. The van der Waals surface area contributed by atoms with Crippen LogP contribution >= 0.6 is 11.6 Å². The second-order valence-corrected chi connectivity index (χ2v) is 16.7. The van der Waals surface area contributed by atoms with Gasteiger partial charge in [0.2, 0.25) is 0 Å². The molecule has 0 saturated heterocycles. The van der Waals surface area contributed by atoms with Gasteiger partial charge >= 0.3 is 5.97 Å². The molecule has 1 heterocycles. The third-order valence-electron chi connectivity index (χ3n) is 8.25. The smallest absolute Gasteiger partial charge is 0.339 e. The summed E-state index contributed by atoms with van der Waals surface area (Å²) in [5, 5.41) is 1.74. The molecule has 3 aromatic rings. The highest BCUT2D eigenvalue weighted by molar-refractivity contribution is 6.74. The molecule has 0 N–H and O–H groups in total. The highest BCUT2D eigenvalue weighted by atomic mass is 35.5. The predicted octanol–water partition coefficient (Wildman–Crippen LogP) is 8.82. The van der Waals surface area contributed by atoms with Gasteiger partial charge in [-0.25, -0.2) is 4.79 Å². The van der Waals surface area contributed by atoms with E-state index in [2.05, 4.69) is 74.8 Å². The minimum absolute atomic E-state index is 0.136. The fourth-order valence-electron chi connectivity index (χ4n) is 5.24. The van der Waals surface area contributed by atoms with Crippen LogP contribution in [0.3, 0.4) is 0 Å². The Morgan fingerprint density at radius 3 is 2.33 bits per heavy atom. The number of ether oxygens (including phenoxy) is 1. The number of aromatic nitrogens is 1. The lowest BCUT2D eigenvalue weighted by molar-refractivity contribution is 0.0601. The number of hydrogen-bond acceptors (Lipinski definition) is 3. The molecule has 0 unspecified atom stereocenters. The molecule has 195 valence electrons. The van der Waals surface area contributed by atoms with Gasteiger partial charge in [-0.3, -0.25) is 0 Å². The first-order valence-electron chi connectivity index (χ1n) is 13.2. The van der Waals surface area contributed by atoms with Crippen LogP contribution in [0, 0.1) is 0 Å². The van der Waals surface area contributed by atoms with Crippen molar-refractivity contribution in [2.24, 2.45) is 0 Å². The van der Waals surface area contributed by atoms with Gasteiger partial charge in [0.1, 0.15) is 0 Å². The third-order valence-corrected chi connectivity index (χ3v) is 13.2. The van der Waals surface area contributed by atoms with Crippen molar-refractivity contribution in [1.82, 2.24) is 4.57 Å². The lowest BCUT2D eigenvalue weighted by Crippen LogP contribution is -2.41. The molecule has 1 aromatic heterocycles. The van der Waals surface area contributed by atoms with Gasteiger partial charge in [-0.15, -0.1) is 18.1 Å². The molecule has 1 fully saturated rings. The Bertz CT molecular complexity index is 1220. The van der Waals surface area contributed by atoms with Crippen LogP contribution in [0.2, 0.25) is 23.2 Å². The van der Waals surface area contributed by atoms with Crippen LogP contribution in [0.4, 0.5) is 0 Å². The molecule has 2 aromatic carbocycles. The average Bonchev–Trinajstić information content (AvgIpc) is 3.19. The summed E-state index contributed by atoms with van der Waals surface area (Å²) in [6.45, 7) is 12.6. The Labute approximate surface area is 222 Å². The highest BCUT2D eigenvalue weighted by Crippen LogP contribution is 2.46. The molecule has 1 saturated carbocycles. The summed E-state index contributed by atoms with van der Waals surface area (Å²) in [6.07, 6.45) is 6.14. The van der Waals surface area contributed by atoms with E-state index in [1.807, 2.05) is 6.07 Å². The first kappa shape index (κ1) is 27.0. The van der Waals surface area contributed by atoms with Crippen LogP contribution in [-0.4, -0.2) is 32.6 Å². The zero-order valence-electron chi connectivity index (χ0n) is 22.6. The fourth-order valence-corrected chi connectivity index (χ4v) is 6.62. The Balaban J connectivity index is 1.93. The van der Waals surface area contributed by atoms with Crippen LogP contribution < -0.4 is 0 Å². The van der Waals surface area contributed by atoms with E-state index in [1.165, 1.54) is 56.0 Å². The summed E-state index contributed by atoms with van der Waals surface area (Å²) >= 11 is 7.02. The number of nitrogens with zero attached hydrogens (tertiary/aromatic N) is 1. The van der Waals surface area contributed by atoms with Crippen molar-refractivity contribution in [2.45, 2.75) is 83.5 Å². The number of benzene rings is 2. The zero-order chi connectivity index (χ0) is 26.1. The summed E-state index contributed by atoms with van der Waals surface area (Å²) in [7, 11) is -0.516. The van der Waals surface area contributed by atoms with Gasteiger partial charge in [-0.05, 0) is 44.3 Å². The van der Waals surface area contributed by atoms with Gasteiger partial charge in [-0.1, -0.05) is 88.0 Å². The molecule has 0 aliphatic heterocycles. The van der Waals surface area contributed by atoms with Crippen molar-refractivity contribution in [2.75, 3.05) is 13.7 Å². The van der Waals surface area contributed by atoms with Gasteiger partial charge in [-0.2, -0.15) is 0 Å². The average molecular weight is 526 g/mol. The van der Waals surface area contributed by atoms with Crippen molar-refractivity contribution in [3.05, 3.63) is 58.6 Å².